The molecule has 0 radical (unpaired) electrons. The van der Waals surface area contributed by atoms with Gasteiger partial charge >= 0.3 is 0 Å². The molecule has 0 atom stereocenters. The van der Waals surface area contributed by atoms with Crippen LogP contribution in [0, 0.1) is 0 Å². The lowest BCUT2D eigenvalue weighted by molar-refractivity contribution is 0.210. The molecular formula is C12H16N6O. The van der Waals surface area contributed by atoms with Crippen LogP contribution in [0.2, 0.25) is 0 Å². The van der Waals surface area contributed by atoms with Crippen molar-refractivity contribution < 1.29 is 4.74 Å². The molecule has 0 unspecified atom stereocenters. The molecule has 0 aromatic carbocycles. The van der Waals surface area contributed by atoms with Crippen molar-refractivity contribution in [3.8, 4) is 0 Å². The van der Waals surface area contributed by atoms with E-state index in [2.05, 4.69) is 30.8 Å². The molecule has 0 saturated heterocycles. The highest BCUT2D eigenvalue weighted by molar-refractivity contribution is 5.37. The fraction of sp³-hybridized carbons (Fsp3) is 0.333. The molecule has 0 spiro atoms. The fourth-order valence-electron chi connectivity index (χ4n) is 1.42. The molecule has 2 heterocycles. The van der Waals surface area contributed by atoms with Gasteiger partial charge < -0.3 is 15.4 Å². The van der Waals surface area contributed by atoms with Crippen molar-refractivity contribution in [1.82, 2.24) is 20.2 Å². The van der Waals surface area contributed by atoms with Gasteiger partial charge in [0.1, 0.15) is 0 Å². The van der Waals surface area contributed by atoms with Crippen molar-refractivity contribution in [2.45, 2.75) is 6.54 Å². The molecule has 0 bridgehead atoms. The number of ether oxygens (including phenoxy) is 1. The van der Waals surface area contributed by atoms with Crippen LogP contribution in [0.1, 0.15) is 5.69 Å². The minimum absolute atomic E-state index is 0.466. The lowest BCUT2D eigenvalue weighted by Crippen LogP contribution is -2.11. The first-order valence-corrected chi connectivity index (χ1v) is 5.95. The summed E-state index contributed by atoms with van der Waals surface area (Å²) in [6, 6.07) is 5.74. The molecule has 100 valence electrons. The Kier molecular flexibility index (Phi) is 5.00. The first-order valence-electron chi connectivity index (χ1n) is 5.95. The topological polar surface area (TPSA) is 84.9 Å². The van der Waals surface area contributed by atoms with Crippen molar-refractivity contribution in [2.75, 3.05) is 30.9 Å². The minimum Gasteiger partial charge on any atom is -0.383 e. The van der Waals surface area contributed by atoms with Crippen molar-refractivity contribution in [2.24, 2.45) is 0 Å². The molecule has 0 aliphatic heterocycles. The van der Waals surface area contributed by atoms with Gasteiger partial charge in [-0.1, -0.05) is 6.07 Å². The summed E-state index contributed by atoms with van der Waals surface area (Å²) < 4.78 is 4.95. The van der Waals surface area contributed by atoms with Crippen molar-refractivity contribution >= 4 is 11.8 Å². The lowest BCUT2D eigenvalue weighted by atomic mass is 10.3. The van der Waals surface area contributed by atoms with Gasteiger partial charge in [0.15, 0.2) is 5.82 Å². The van der Waals surface area contributed by atoms with E-state index in [0.717, 1.165) is 5.69 Å². The normalized spacial score (nSPS) is 10.2. The van der Waals surface area contributed by atoms with E-state index in [-0.39, 0.29) is 0 Å². The van der Waals surface area contributed by atoms with Gasteiger partial charge in [-0.15, -0.1) is 5.10 Å². The van der Waals surface area contributed by atoms with Crippen LogP contribution in [-0.4, -0.2) is 40.4 Å². The van der Waals surface area contributed by atoms with Gasteiger partial charge in [0.2, 0.25) is 5.95 Å². The van der Waals surface area contributed by atoms with Crippen LogP contribution in [0.15, 0.2) is 30.6 Å². The number of nitrogens with one attached hydrogen (secondary N) is 2. The number of rotatable bonds is 7. The summed E-state index contributed by atoms with van der Waals surface area (Å²) in [5.74, 6) is 1.13. The Labute approximate surface area is 111 Å². The zero-order valence-corrected chi connectivity index (χ0v) is 10.7. The van der Waals surface area contributed by atoms with E-state index in [1.807, 2.05) is 18.2 Å². The summed E-state index contributed by atoms with van der Waals surface area (Å²) in [7, 11) is 1.65. The van der Waals surface area contributed by atoms with E-state index < -0.39 is 0 Å². The molecule has 2 rings (SSSR count). The van der Waals surface area contributed by atoms with Crippen LogP contribution in [0.5, 0.6) is 0 Å². The molecule has 0 aliphatic carbocycles. The SMILES string of the molecule is COCCNc1cnnc(NCc2ccccn2)n1. The lowest BCUT2D eigenvalue weighted by Gasteiger charge is -2.06. The Morgan fingerprint density at radius 3 is 3.00 bits per heavy atom. The first-order chi connectivity index (χ1) is 9.38. The molecule has 2 aromatic rings. The van der Waals surface area contributed by atoms with Crippen LogP contribution >= 0.6 is 0 Å². The Hall–Kier alpha value is -2.28. The Morgan fingerprint density at radius 1 is 1.26 bits per heavy atom. The highest BCUT2D eigenvalue weighted by Crippen LogP contribution is 2.04. The monoisotopic (exact) mass is 260 g/mol. The second-order valence-corrected chi connectivity index (χ2v) is 3.76. The molecule has 0 fully saturated rings. The number of pyridine rings is 1. The molecule has 0 saturated carbocycles. The second kappa shape index (κ2) is 7.22. The summed E-state index contributed by atoms with van der Waals surface area (Å²) in [6.07, 6.45) is 3.32. The quantitative estimate of drug-likeness (QED) is 0.716. The zero-order valence-electron chi connectivity index (χ0n) is 10.7. The van der Waals surface area contributed by atoms with E-state index in [1.165, 1.54) is 0 Å². The highest BCUT2D eigenvalue weighted by Gasteiger charge is 2.00. The smallest absolute Gasteiger partial charge is 0.245 e. The maximum atomic E-state index is 4.95. The van der Waals surface area contributed by atoms with Gasteiger partial charge in [-0.05, 0) is 12.1 Å². The fourth-order valence-corrected chi connectivity index (χ4v) is 1.42. The van der Waals surface area contributed by atoms with Crippen LogP contribution in [0.25, 0.3) is 0 Å². The third-order valence-corrected chi connectivity index (χ3v) is 2.32. The van der Waals surface area contributed by atoms with Crippen LogP contribution in [-0.2, 0) is 11.3 Å². The summed E-state index contributed by atoms with van der Waals surface area (Å²) in [5, 5.41) is 14.0. The van der Waals surface area contributed by atoms with E-state index in [0.29, 0.717) is 31.5 Å². The molecule has 19 heavy (non-hydrogen) atoms. The number of methoxy groups -OCH3 is 1. The van der Waals surface area contributed by atoms with E-state index in [9.17, 15) is 0 Å². The largest absolute Gasteiger partial charge is 0.383 e. The molecule has 2 aromatic heterocycles. The van der Waals surface area contributed by atoms with Crippen molar-refractivity contribution in [1.29, 1.82) is 0 Å². The number of hydrogen-bond acceptors (Lipinski definition) is 7. The van der Waals surface area contributed by atoms with E-state index >= 15 is 0 Å². The Morgan fingerprint density at radius 2 is 2.21 bits per heavy atom. The van der Waals surface area contributed by atoms with Crippen molar-refractivity contribution in [3.05, 3.63) is 36.3 Å². The predicted octanol–water partition coefficient (Wildman–Crippen LogP) is 0.937. The van der Waals surface area contributed by atoms with Gasteiger partial charge in [0.05, 0.1) is 25.0 Å². The molecule has 0 amide bonds. The summed E-state index contributed by atoms with van der Waals surface area (Å²) in [6.45, 7) is 1.85. The summed E-state index contributed by atoms with van der Waals surface area (Å²) in [4.78, 5) is 8.49. The van der Waals surface area contributed by atoms with Gasteiger partial charge in [0.25, 0.3) is 0 Å². The zero-order chi connectivity index (χ0) is 13.3. The van der Waals surface area contributed by atoms with Crippen LogP contribution in [0.3, 0.4) is 0 Å². The molecular weight excluding hydrogens is 244 g/mol. The average molecular weight is 260 g/mol. The second-order valence-electron chi connectivity index (χ2n) is 3.76. The maximum Gasteiger partial charge on any atom is 0.245 e. The van der Waals surface area contributed by atoms with Gasteiger partial charge in [-0.3, -0.25) is 4.98 Å². The van der Waals surface area contributed by atoms with Crippen molar-refractivity contribution in [3.63, 3.8) is 0 Å². The predicted molar refractivity (Wildman–Crippen MR) is 71.8 cm³/mol. The molecule has 7 nitrogen and oxygen atoms in total. The van der Waals surface area contributed by atoms with E-state index in [1.54, 1.807) is 19.5 Å². The molecule has 7 heteroatoms. The Bertz CT molecular complexity index is 493. The van der Waals surface area contributed by atoms with Gasteiger partial charge in [-0.25, -0.2) is 0 Å². The summed E-state index contributed by atoms with van der Waals surface area (Å²) in [5.41, 5.74) is 0.920. The number of hydrogen-bond donors (Lipinski definition) is 2. The standard InChI is InChI=1S/C12H16N6O/c1-19-7-6-14-11-9-16-18-12(17-11)15-8-10-4-2-3-5-13-10/h2-5,9H,6-8H2,1H3,(H2,14,15,17,18). The number of anilines is 2. The third-order valence-electron chi connectivity index (χ3n) is 2.32. The first kappa shape index (κ1) is 13.2. The van der Waals surface area contributed by atoms with Gasteiger partial charge in [0, 0.05) is 19.9 Å². The van der Waals surface area contributed by atoms with Crippen LogP contribution in [0.4, 0.5) is 11.8 Å². The van der Waals surface area contributed by atoms with Crippen LogP contribution < -0.4 is 10.6 Å². The molecule has 0 aliphatic rings. The minimum atomic E-state index is 0.466. The van der Waals surface area contributed by atoms with Gasteiger partial charge in [-0.2, -0.15) is 10.1 Å². The maximum absolute atomic E-state index is 4.95. The summed E-state index contributed by atoms with van der Waals surface area (Å²) >= 11 is 0. The third kappa shape index (κ3) is 4.47. The molecule has 2 N–H and O–H groups in total. The Balaban J connectivity index is 1.88. The number of aromatic nitrogens is 4. The highest BCUT2D eigenvalue weighted by atomic mass is 16.5. The average Bonchev–Trinajstić information content (AvgIpc) is 2.47. The number of nitrogens with zero attached hydrogens (tertiary/aromatic N) is 4. The van der Waals surface area contributed by atoms with E-state index in [4.69, 9.17) is 4.74 Å².